The molecule has 0 saturated heterocycles. The molecule has 1 heterocycles. The minimum atomic E-state index is -0.200. The van der Waals surface area contributed by atoms with Gasteiger partial charge >= 0.3 is 5.97 Å². The maximum atomic E-state index is 11.0. The summed E-state index contributed by atoms with van der Waals surface area (Å²) in [5, 5.41) is 0.450. The molecule has 0 aromatic carbocycles. The Labute approximate surface area is 88.1 Å². The first-order valence-corrected chi connectivity index (χ1v) is 4.87. The number of hydrogen-bond donors (Lipinski definition) is 0. The summed E-state index contributed by atoms with van der Waals surface area (Å²) < 4.78 is 4.79. The molecule has 0 amide bonds. The molecule has 0 saturated carbocycles. The minimum Gasteiger partial charge on any atom is -0.466 e. The van der Waals surface area contributed by atoms with Gasteiger partial charge in [0.05, 0.1) is 13.0 Å². The highest BCUT2D eigenvalue weighted by Gasteiger charge is 2.03. The molecule has 0 aliphatic carbocycles. The molecule has 0 N–H and O–H groups in total. The number of aryl methyl sites for hydroxylation is 1. The molecule has 0 aliphatic heterocycles. The molecule has 1 aromatic rings. The largest absolute Gasteiger partial charge is 0.466 e. The van der Waals surface area contributed by atoms with Crippen LogP contribution in [0, 0.1) is 0 Å². The normalized spacial score (nSPS) is 9.86. The number of hydrogen-bond acceptors (Lipinski definition) is 3. The molecule has 1 aromatic heterocycles. The highest BCUT2D eigenvalue weighted by molar-refractivity contribution is 6.29. The number of nitrogens with zero attached hydrogens (tertiary/aromatic N) is 1. The van der Waals surface area contributed by atoms with Gasteiger partial charge in [-0.1, -0.05) is 17.7 Å². The summed E-state index contributed by atoms with van der Waals surface area (Å²) in [6.07, 6.45) is 0.917. The molecule has 4 heteroatoms. The number of esters is 1. The Morgan fingerprint density at radius 2 is 2.36 bits per heavy atom. The molecular weight excluding hydrogens is 202 g/mol. The summed E-state index contributed by atoms with van der Waals surface area (Å²) in [6, 6.07) is 5.36. The molecule has 0 radical (unpaired) electrons. The first kappa shape index (κ1) is 11.0. The number of rotatable bonds is 4. The second-order valence-corrected chi connectivity index (χ2v) is 3.14. The molecule has 3 nitrogen and oxygen atoms in total. The fraction of sp³-hybridized carbons (Fsp3) is 0.400. The lowest BCUT2D eigenvalue weighted by Gasteiger charge is -2.01. The van der Waals surface area contributed by atoms with Gasteiger partial charge in [0.15, 0.2) is 0 Å². The highest BCUT2D eigenvalue weighted by atomic mass is 35.5. The zero-order valence-corrected chi connectivity index (χ0v) is 8.75. The van der Waals surface area contributed by atoms with Gasteiger partial charge in [-0.3, -0.25) is 4.79 Å². The van der Waals surface area contributed by atoms with Crippen molar-refractivity contribution in [3.8, 4) is 0 Å². The van der Waals surface area contributed by atoms with Gasteiger partial charge in [0.2, 0.25) is 0 Å². The van der Waals surface area contributed by atoms with E-state index in [4.69, 9.17) is 16.3 Å². The van der Waals surface area contributed by atoms with Gasteiger partial charge in [0.1, 0.15) is 5.15 Å². The standard InChI is InChI=1S/C10H12ClNO2/c1-2-14-10(13)7-6-8-4-3-5-9(11)12-8/h3-5H,2,6-7H2,1H3. The average Bonchev–Trinajstić information content (AvgIpc) is 2.15. The second-order valence-electron chi connectivity index (χ2n) is 2.76. The maximum Gasteiger partial charge on any atom is 0.306 e. The van der Waals surface area contributed by atoms with Crippen molar-refractivity contribution in [3.05, 3.63) is 29.0 Å². The molecule has 76 valence electrons. The van der Waals surface area contributed by atoms with Gasteiger partial charge in [-0.15, -0.1) is 0 Å². The van der Waals surface area contributed by atoms with E-state index in [1.165, 1.54) is 0 Å². The smallest absolute Gasteiger partial charge is 0.306 e. The molecule has 0 unspecified atom stereocenters. The molecule has 0 atom stereocenters. The minimum absolute atomic E-state index is 0.200. The lowest BCUT2D eigenvalue weighted by Crippen LogP contribution is -2.05. The predicted octanol–water partition coefficient (Wildman–Crippen LogP) is 2.23. The van der Waals surface area contributed by atoms with Crippen molar-refractivity contribution >= 4 is 17.6 Å². The van der Waals surface area contributed by atoms with Crippen molar-refractivity contribution < 1.29 is 9.53 Å². The zero-order valence-electron chi connectivity index (χ0n) is 8.00. The Bertz CT molecular complexity index is 315. The van der Waals surface area contributed by atoms with Crippen LogP contribution < -0.4 is 0 Å². The summed E-state index contributed by atoms with van der Waals surface area (Å²) in [4.78, 5) is 15.1. The van der Waals surface area contributed by atoms with Crippen molar-refractivity contribution in [2.45, 2.75) is 19.8 Å². The summed E-state index contributed by atoms with van der Waals surface area (Å²) in [6.45, 7) is 2.21. The van der Waals surface area contributed by atoms with Gasteiger partial charge in [-0.25, -0.2) is 4.98 Å². The van der Waals surface area contributed by atoms with Crippen molar-refractivity contribution in [1.29, 1.82) is 0 Å². The van der Waals surface area contributed by atoms with E-state index in [0.29, 0.717) is 24.6 Å². The molecular formula is C10H12ClNO2. The van der Waals surface area contributed by atoms with Crippen LogP contribution in [0.25, 0.3) is 0 Å². The lowest BCUT2D eigenvalue weighted by atomic mass is 10.2. The van der Waals surface area contributed by atoms with E-state index in [0.717, 1.165) is 5.69 Å². The molecule has 1 rings (SSSR count). The average molecular weight is 214 g/mol. The predicted molar refractivity (Wildman–Crippen MR) is 54.2 cm³/mol. The van der Waals surface area contributed by atoms with Crippen LogP contribution in [-0.2, 0) is 16.0 Å². The Morgan fingerprint density at radius 1 is 1.57 bits per heavy atom. The monoisotopic (exact) mass is 213 g/mol. The third-order valence-corrected chi connectivity index (χ3v) is 1.87. The van der Waals surface area contributed by atoms with Crippen LogP contribution in [0.5, 0.6) is 0 Å². The molecule has 0 fully saturated rings. The van der Waals surface area contributed by atoms with Crippen LogP contribution in [0.1, 0.15) is 19.0 Å². The van der Waals surface area contributed by atoms with Gasteiger partial charge in [0.25, 0.3) is 0 Å². The van der Waals surface area contributed by atoms with Gasteiger partial charge in [-0.2, -0.15) is 0 Å². The topological polar surface area (TPSA) is 39.2 Å². The summed E-state index contributed by atoms with van der Waals surface area (Å²) >= 11 is 5.69. The Hall–Kier alpha value is -1.09. The van der Waals surface area contributed by atoms with Crippen LogP contribution in [0.4, 0.5) is 0 Å². The van der Waals surface area contributed by atoms with Crippen LogP contribution in [0.15, 0.2) is 18.2 Å². The van der Waals surface area contributed by atoms with E-state index in [2.05, 4.69) is 4.98 Å². The van der Waals surface area contributed by atoms with Gasteiger partial charge in [-0.05, 0) is 19.1 Å². The maximum absolute atomic E-state index is 11.0. The van der Waals surface area contributed by atoms with Crippen molar-refractivity contribution in [3.63, 3.8) is 0 Å². The highest BCUT2D eigenvalue weighted by Crippen LogP contribution is 2.07. The van der Waals surface area contributed by atoms with E-state index in [1.807, 2.05) is 12.1 Å². The second kappa shape index (κ2) is 5.60. The van der Waals surface area contributed by atoms with E-state index in [1.54, 1.807) is 13.0 Å². The fourth-order valence-corrected chi connectivity index (χ4v) is 1.23. The van der Waals surface area contributed by atoms with Crippen molar-refractivity contribution in [2.75, 3.05) is 6.61 Å². The van der Waals surface area contributed by atoms with Crippen LogP contribution in [-0.4, -0.2) is 17.6 Å². The van der Waals surface area contributed by atoms with E-state index in [9.17, 15) is 4.79 Å². The van der Waals surface area contributed by atoms with Crippen molar-refractivity contribution in [1.82, 2.24) is 4.98 Å². The van der Waals surface area contributed by atoms with Crippen molar-refractivity contribution in [2.24, 2.45) is 0 Å². The SMILES string of the molecule is CCOC(=O)CCc1cccc(Cl)n1. The zero-order chi connectivity index (χ0) is 10.4. The van der Waals surface area contributed by atoms with Gasteiger partial charge < -0.3 is 4.74 Å². The Balaban J connectivity index is 2.41. The van der Waals surface area contributed by atoms with Crippen LogP contribution in [0.2, 0.25) is 5.15 Å². The first-order chi connectivity index (χ1) is 6.72. The third kappa shape index (κ3) is 3.75. The Morgan fingerprint density at radius 3 is 3.00 bits per heavy atom. The number of carbonyl (C=O) groups excluding carboxylic acids is 1. The van der Waals surface area contributed by atoms with E-state index in [-0.39, 0.29) is 5.97 Å². The summed E-state index contributed by atoms with van der Waals surface area (Å²) in [5.41, 5.74) is 0.811. The number of pyridine rings is 1. The molecule has 0 spiro atoms. The third-order valence-electron chi connectivity index (χ3n) is 1.66. The lowest BCUT2D eigenvalue weighted by molar-refractivity contribution is -0.143. The number of carbonyl (C=O) groups is 1. The van der Waals surface area contributed by atoms with Crippen LogP contribution >= 0.6 is 11.6 Å². The fourth-order valence-electron chi connectivity index (χ4n) is 1.05. The molecule has 0 bridgehead atoms. The molecule has 0 aliphatic rings. The number of aromatic nitrogens is 1. The number of halogens is 1. The quantitative estimate of drug-likeness (QED) is 0.569. The number of ether oxygens (including phenoxy) is 1. The molecule has 14 heavy (non-hydrogen) atoms. The first-order valence-electron chi connectivity index (χ1n) is 4.49. The van der Waals surface area contributed by atoms with Crippen LogP contribution in [0.3, 0.4) is 0 Å². The van der Waals surface area contributed by atoms with E-state index >= 15 is 0 Å². The summed E-state index contributed by atoms with van der Waals surface area (Å²) in [7, 11) is 0. The van der Waals surface area contributed by atoms with E-state index < -0.39 is 0 Å². The Kier molecular flexibility index (Phi) is 4.40. The van der Waals surface area contributed by atoms with Gasteiger partial charge in [0, 0.05) is 12.1 Å². The summed E-state index contributed by atoms with van der Waals surface area (Å²) in [5.74, 6) is -0.200.